The molecule has 0 bridgehead atoms. The number of nitrogens with one attached hydrogen (secondary N) is 1. The molecule has 1 heterocycles. The van der Waals surface area contributed by atoms with E-state index in [2.05, 4.69) is 17.2 Å². The van der Waals surface area contributed by atoms with Crippen molar-refractivity contribution in [3.63, 3.8) is 0 Å². The van der Waals surface area contributed by atoms with E-state index in [9.17, 15) is 14.9 Å². The summed E-state index contributed by atoms with van der Waals surface area (Å²) < 4.78 is 12.7. The number of unbranched alkanes of at least 4 members (excludes halogenated alkanes) is 1. The normalized spacial score (nSPS) is 10.5. The molecule has 0 aliphatic carbocycles. The van der Waals surface area contributed by atoms with Crippen LogP contribution < -0.4 is 14.8 Å². The first-order chi connectivity index (χ1) is 13.4. The van der Waals surface area contributed by atoms with E-state index in [-0.39, 0.29) is 18.1 Å². The van der Waals surface area contributed by atoms with Crippen molar-refractivity contribution in [2.24, 2.45) is 0 Å². The maximum atomic E-state index is 12.1. The van der Waals surface area contributed by atoms with Crippen LogP contribution in [0.2, 0.25) is 0 Å². The smallest absolute Gasteiger partial charge is 0.381 e. The third kappa shape index (κ3) is 5.97. The quantitative estimate of drug-likeness (QED) is 0.359. The van der Waals surface area contributed by atoms with Gasteiger partial charge in [-0.25, -0.2) is 0 Å². The number of hydrogen-bond acceptors (Lipinski definition) is 6. The van der Waals surface area contributed by atoms with Crippen molar-refractivity contribution in [3.8, 4) is 11.5 Å². The van der Waals surface area contributed by atoms with Crippen LogP contribution in [-0.4, -0.2) is 34.1 Å². The van der Waals surface area contributed by atoms with Crippen LogP contribution >= 0.6 is 0 Å². The molecular weight excluding hydrogens is 364 g/mol. The summed E-state index contributed by atoms with van der Waals surface area (Å²) in [5.74, 6) is 1.44. The van der Waals surface area contributed by atoms with Gasteiger partial charge in [-0.3, -0.25) is 4.79 Å². The van der Waals surface area contributed by atoms with Crippen LogP contribution in [0.25, 0.3) is 0 Å². The van der Waals surface area contributed by atoms with Crippen molar-refractivity contribution in [2.45, 2.75) is 46.2 Å². The molecule has 0 aliphatic heterocycles. The summed E-state index contributed by atoms with van der Waals surface area (Å²) in [4.78, 5) is 26.1. The fourth-order valence-electron chi connectivity index (χ4n) is 2.58. The largest absolute Gasteiger partial charge is 0.493 e. The number of aromatic nitrogens is 2. The Hall–Kier alpha value is -3.10. The minimum atomic E-state index is -0.549. The monoisotopic (exact) mass is 390 g/mol. The molecule has 1 aromatic carbocycles. The Balaban J connectivity index is 1.85. The van der Waals surface area contributed by atoms with E-state index >= 15 is 0 Å². The molecule has 0 unspecified atom stereocenters. The van der Waals surface area contributed by atoms with Crippen LogP contribution in [0.15, 0.2) is 24.4 Å². The molecule has 2 rings (SSSR count). The van der Waals surface area contributed by atoms with Crippen molar-refractivity contribution < 1.29 is 19.2 Å². The van der Waals surface area contributed by atoms with Crippen LogP contribution in [0, 0.1) is 17.0 Å². The number of nitro groups is 1. The van der Waals surface area contributed by atoms with Gasteiger partial charge in [0, 0.05) is 26.4 Å². The first-order valence-electron chi connectivity index (χ1n) is 9.19. The molecule has 0 spiro atoms. The number of amides is 1. The second-order valence-corrected chi connectivity index (χ2v) is 6.31. The summed E-state index contributed by atoms with van der Waals surface area (Å²) in [6, 6.07) is 5.56. The summed E-state index contributed by atoms with van der Waals surface area (Å²) in [5.41, 5.74) is 0.891. The number of benzene rings is 1. The lowest BCUT2D eigenvalue weighted by Gasteiger charge is -2.12. The summed E-state index contributed by atoms with van der Waals surface area (Å²) in [5, 5.41) is 13.6. The van der Waals surface area contributed by atoms with Crippen molar-refractivity contribution in [2.75, 3.05) is 13.7 Å². The van der Waals surface area contributed by atoms with Gasteiger partial charge in [0.1, 0.15) is 6.20 Å². The van der Waals surface area contributed by atoms with Gasteiger partial charge < -0.3 is 29.5 Å². The molecule has 0 radical (unpaired) electrons. The lowest BCUT2D eigenvalue weighted by Crippen LogP contribution is -2.24. The molecule has 9 heteroatoms. The molecule has 2 aromatic rings. The van der Waals surface area contributed by atoms with E-state index in [4.69, 9.17) is 9.47 Å². The Morgan fingerprint density at radius 3 is 2.79 bits per heavy atom. The molecule has 1 N–H and O–H groups in total. The van der Waals surface area contributed by atoms with Gasteiger partial charge in [-0.1, -0.05) is 19.4 Å². The van der Waals surface area contributed by atoms with Crippen molar-refractivity contribution in [1.29, 1.82) is 0 Å². The molecule has 0 atom stereocenters. The molecular formula is C19H26N4O5. The molecule has 1 amide bonds. The van der Waals surface area contributed by atoms with Gasteiger partial charge in [-0.2, -0.15) is 0 Å². The number of carbonyl (C=O) groups is 1. The Morgan fingerprint density at radius 2 is 2.14 bits per heavy atom. The first-order valence-corrected chi connectivity index (χ1v) is 9.19. The second-order valence-electron chi connectivity index (χ2n) is 6.31. The zero-order chi connectivity index (χ0) is 20.5. The highest BCUT2D eigenvalue weighted by Gasteiger charge is 2.15. The van der Waals surface area contributed by atoms with Crippen molar-refractivity contribution in [3.05, 3.63) is 45.9 Å². The van der Waals surface area contributed by atoms with E-state index < -0.39 is 4.92 Å². The zero-order valence-electron chi connectivity index (χ0n) is 16.4. The van der Waals surface area contributed by atoms with E-state index in [0.29, 0.717) is 37.0 Å². The number of methoxy groups -OCH3 is 1. The predicted molar refractivity (Wildman–Crippen MR) is 103 cm³/mol. The van der Waals surface area contributed by atoms with Crippen LogP contribution in [0.1, 0.15) is 37.6 Å². The average molecular weight is 390 g/mol. The van der Waals surface area contributed by atoms with Crippen LogP contribution in [-0.2, 0) is 17.9 Å². The van der Waals surface area contributed by atoms with Gasteiger partial charge in [0.2, 0.25) is 11.7 Å². The SMILES string of the molecule is CCCCOc1ccc(CNC(=O)CCn2cc([N+](=O)[O-])nc2C)cc1OC. The third-order valence-electron chi connectivity index (χ3n) is 4.20. The van der Waals surface area contributed by atoms with Gasteiger partial charge in [0.15, 0.2) is 11.5 Å². The summed E-state index contributed by atoms with van der Waals surface area (Å²) >= 11 is 0. The third-order valence-corrected chi connectivity index (χ3v) is 4.20. The summed E-state index contributed by atoms with van der Waals surface area (Å²) in [7, 11) is 1.58. The maximum Gasteiger partial charge on any atom is 0.381 e. The van der Waals surface area contributed by atoms with Gasteiger partial charge >= 0.3 is 5.82 Å². The van der Waals surface area contributed by atoms with Gasteiger partial charge in [0.05, 0.1) is 13.7 Å². The molecule has 0 saturated carbocycles. The van der Waals surface area contributed by atoms with Crippen LogP contribution in [0.5, 0.6) is 11.5 Å². The molecule has 9 nitrogen and oxygen atoms in total. The number of imidazole rings is 1. The topological polar surface area (TPSA) is 109 Å². The average Bonchev–Trinajstić information content (AvgIpc) is 3.06. The first kappa shape index (κ1) is 21.2. The number of carbonyl (C=O) groups excluding carboxylic acids is 1. The minimum absolute atomic E-state index is 0.155. The Bertz CT molecular complexity index is 819. The number of rotatable bonds is 11. The summed E-state index contributed by atoms with van der Waals surface area (Å²) in [6.07, 6.45) is 3.56. The van der Waals surface area contributed by atoms with E-state index in [1.165, 1.54) is 6.20 Å². The highest BCUT2D eigenvalue weighted by Crippen LogP contribution is 2.28. The molecule has 0 saturated heterocycles. The van der Waals surface area contributed by atoms with E-state index in [1.807, 2.05) is 18.2 Å². The Morgan fingerprint density at radius 1 is 1.36 bits per heavy atom. The summed E-state index contributed by atoms with van der Waals surface area (Å²) in [6.45, 7) is 5.08. The maximum absolute atomic E-state index is 12.1. The Labute approximate surface area is 163 Å². The molecule has 28 heavy (non-hydrogen) atoms. The van der Waals surface area contributed by atoms with Gasteiger partial charge in [-0.05, 0) is 34.0 Å². The highest BCUT2D eigenvalue weighted by molar-refractivity contribution is 5.75. The molecule has 152 valence electrons. The second kappa shape index (κ2) is 10.3. The van der Waals surface area contributed by atoms with Gasteiger partial charge in [-0.15, -0.1) is 0 Å². The van der Waals surface area contributed by atoms with Crippen LogP contribution in [0.4, 0.5) is 5.82 Å². The standard InChI is InChI=1S/C19H26N4O5/c1-4-5-10-28-16-7-6-15(11-17(16)27-3)12-20-19(24)8-9-22-13-18(23(25)26)21-14(22)2/h6-7,11,13H,4-5,8-10,12H2,1-3H3,(H,20,24). The van der Waals surface area contributed by atoms with Crippen molar-refractivity contribution >= 4 is 11.7 Å². The fourth-order valence-corrected chi connectivity index (χ4v) is 2.58. The molecule has 1 aromatic heterocycles. The highest BCUT2D eigenvalue weighted by atomic mass is 16.6. The van der Waals surface area contributed by atoms with E-state index in [0.717, 1.165) is 18.4 Å². The van der Waals surface area contributed by atoms with Gasteiger partial charge in [0.25, 0.3) is 0 Å². The lowest BCUT2D eigenvalue weighted by molar-refractivity contribution is -0.389. The molecule has 0 fully saturated rings. The number of hydrogen-bond donors (Lipinski definition) is 1. The van der Waals surface area contributed by atoms with E-state index in [1.54, 1.807) is 18.6 Å². The number of nitrogens with zero attached hydrogens (tertiary/aromatic N) is 3. The minimum Gasteiger partial charge on any atom is -0.493 e. The Kier molecular flexibility index (Phi) is 7.79. The fraction of sp³-hybridized carbons (Fsp3) is 0.474. The predicted octanol–water partition coefficient (Wildman–Crippen LogP) is 2.99. The number of ether oxygens (including phenoxy) is 2. The number of aryl methyl sites for hydroxylation is 2. The lowest BCUT2D eigenvalue weighted by atomic mass is 10.2. The molecule has 0 aliphatic rings. The van der Waals surface area contributed by atoms with Crippen LogP contribution in [0.3, 0.4) is 0 Å². The van der Waals surface area contributed by atoms with Crippen molar-refractivity contribution in [1.82, 2.24) is 14.9 Å². The zero-order valence-corrected chi connectivity index (χ0v) is 16.4.